The number of phenolic OH excluding ortho intramolecular Hbond substituents is 1. The van der Waals surface area contributed by atoms with Gasteiger partial charge >= 0.3 is 5.97 Å². The normalized spacial score (nSPS) is 12.2. The molecule has 1 atom stereocenters. The fraction of sp³-hybridized carbons (Fsp3) is 0.222. The molecule has 2 N–H and O–H groups in total. The molecule has 0 aliphatic heterocycles. The Bertz CT molecular complexity index is 351. The van der Waals surface area contributed by atoms with Crippen LogP contribution in [-0.2, 0) is 9.53 Å². The van der Waals surface area contributed by atoms with Crippen molar-refractivity contribution in [3.8, 4) is 5.75 Å². The first-order chi connectivity index (χ1) is 6.57. The molecule has 0 radical (unpaired) electrons. The predicted molar refractivity (Wildman–Crippen MR) is 52.8 cm³/mol. The highest BCUT2D eigenvalue weighted by atomic mass is 79.9. The quantitative estimate of drug-likeness (QED) is 0.789. The van der Waals surface area contributed by atoms with Crippen LogP contribution in [0.1, 0.15) is 11.7 Å². The Kier molecular flexibility index (Phi) is 3.49. The van der Waals surface area contributed by atoms with Crippen LogP contribution in [0.2, 0.25) is 0 Å². The number of ether oxygens (including phenoxy) is 1. The van der Waals surface area contributed by atoms with Gasteiger partial charge in [0.05, 0.1) is 11.6 Å². The fourth-order valence-electron chi connectivity index (χ4n) is 0.987. The van der Waals surface area contributed by atoms with Gasteiger partial charge in [0.1, 0.15) is 5.75 Å². The molecule has 14 heavy (non-hydrogen) atoms. The highest BCUT2D eigenvalue weighted by Gasteiger charge is 2.21. The number of aromatic hydroxyl groups is 1. The summed E-state index contributed by atoms with van der Waals surface area (Å²) in [6, 6.07) is 4.49. The number of hydrogen-bond acceptors (Lipinski definition) is 4. The highest BCUT2D eigenvalue weighted by molar-refractivity contribution is 9.10. The largest absolute Gasteiger partial charge is 0.507 e. The van der Waals surface area contributed by atoms with Crippen molar-refractivity contribution < 1.29 is 19.7 Å². The zero-order chi connectivity index (χ0) is 10.7. The van der Waals surface area contributed by atoms with Gasteiger partial charge in [0.2, 0.25) is 0 Å². The van der Waals surface area contributed by atoms with Gasteiger partial charge in [-0.05, 0) is 22.0 Å². The lowest BCUT2D eigenvalue weighted by Crippen LogP contribution is -2.13. The van der Waals surface area contributed by atoms with E-state index < -0.39 is 12.1 Å². The summed E-state index contributed by atoms with van der Waals surface area (Å²) in [4.78, 5) is 11.0. The van der Waals surface area contributed by atoms with E-state index in [-0.39, 0.29) is 15.8 Å². The van der Waals surface area contributed by atoms with Crippen molar-refractivity contribution >= 4 is 21.9 Å². The molecule has 0 saturated heterocycles. The van der Waals surface area contributed by atoms with E-state index in [2.05, 4.69) is 20.7 Å². The lowest BCUT2D eigenvalue weighted by Gasteiger charge is -2.10. The van der Waals surface area contributed by atoms with Crippen LogP contribution in [0, 0.1) is 0 Å². The molecule has 0 spiro atoms. The van der Waals surface area contributed by atoms with Gasteiger partial charge in [-0.25, -0.2) is 4.79 Å². The van der Waals surface area contributed by atoms with Gasteiger partial charge < -0.3 is 14.9 Å². The van der Waals surface area contributed by atoms with Crippen LogP contribution in [0.5, 0.6) is 5.75 Å². The number of hydrogen-bond donors (Lipinski definition) is 2. The zero-order valence-corrected chi connectivity index (χ0v) is 8.98. The molecule has 0 fully saturated rings. The Morgan fingerprint density at radius 3 is 2.79 bits per heavy atom. The van der Waals surface area contributed by atoms with Crippen molar-refractivity contribution in [1.29, 1.82) is 0 Å². The lowest BCUT2D eigenvalue weighted by molar-refractivity contribution is -0.150. The van der Waals surface area contributed by atoms with Crippen molar-refractivity contribution in [1.82, 2.24) is 0 Å². The number of aliphatic hydroxyl groups excluding tert-OH is 1. The van der Waals surface area contributed by atoms with E-state index in [1.165, 1.54) is 25.3 Å². The minimum absolute atomic E-state index is 0.0366. The topological polar surface area (TPSA) is 66.8 Å². The van der Waals surface area contributed by atoms with E-state index >= 15 is 0 Å². The minimum atomic E-state index is -1.39. The Morgan fingerprint density at radius 2 is 2.21 bits per heavy atom. The van der Waals surface area contributed by atoms with E-state index in [4.69, 9.17) is 0 Å². The minimum Gasteiger partial charge on any atom is -0.507 e. The van der Waals surface area contributed by atoms with Crippen molar-refractivity contribution in [2.24, 2.45) is 0 Å². The van der Waals surface area contributed by atoms with Gasteiger partial charge in [0.15, 0.2) is 6.10 Å². The molecule has 0 aliphatic carbocycles. The number of methoxy groups -OCH3 is 1. The Hall–Kier alpha value is -1.07. The molecule has 0 aromatic heterocycles. The second kappa shape index (κ2) is 4.43. The summed E-state index contributed by atoms with van der Waals surface area (Å²) in [5.41, 5.74) is 0.275. The SMILES string of the molecule is COC(=O)C(O)c1cccc(O)c1Br. The summed E-state index contributed by atoms with van der Waals surface area (Å²) < 4.78 is 4.66. The summed E-state index contributed by atoms with van der Waals surface area (Å²) in [7, 11) is 1.18. The molecule has 1 aromatic carbocycles. The van der Waals surface area contributed by atoms with Crippen LogP contribution in [0.15, 0.2) is 22.7 Å². The fourth-order valence-corrected chi connectivity index (χ4v) is 1.47. The highest BCUT2D eigenvalue weighted by Crippen LogP contribution is 2.31. The number of esters is 1. The molecule has 1 rings (SSSR count). The van der Waals surface area contributed by atoms with Crippen molar-refractivity contribution in [2.75, 3.05) is 7.11 Å². The first-order valence-corrected chi connectivity index (χ1v) is 4.60. The van der Waals surface area contributed by atoms with Gasteiger partial charge in [-0.1, -0.05) is 12.1 Å². The van der Waals surface area contributed by atoms with Crippen LogP contribution in [0.4, 0.5) is 0 Å². The Balaban J connectivity index is 3.07. The molecule has 0 aliphatic rings. The van der Waals surface area contributed by atoms with E-state index in [0.717, 1.165) is 0 Å². The molecule has 0 amide bonds. The van der Waals surface area contributed by atoms with Gasteiger partial charge in [-0.3, -0.25) is 0 Å². The third-order valence-electron chi connectivity index (χ3n) is 1.73. The first kappa shape index (κ1) is 11.0. The zero-order valence-electron chi connectivity index (χ0n) is 7.40. The summed E-state index contributed by atoms with van der Waals surface area (Å²) in [5.74, 6) is -0.804. The average Bonchev–Trinajstić information content (AvgIpc) is 2.20. The maximum atomic E-state index is 11.0. The van der Waals surface area contributed by atoms with Crippen LogP contribution < -0.4 is 0 Å². The number of carbonyl (C=O) groups excluding carboxylic acids is 1. The molecular formula is C9H9BrO4. The number of halogens is 1. The van der Waals surface area contributed by atoms with Crippen LogP contribution >= 0.6 is 15.9 Å². The number of aliphatic hydroxyl groups is 1. The van der Waals surface area contributed by atoms with Crippen LogP contribution in [0.25, 0.3) is 0 Å². The third kappa shape index (κ3) is 2.05. The number of benzene rings is 1. The van der Waals surface area contributed by atoms with Crippen molar-refractivity contribution in [2.45, 2.75) is 6.10 Å². The van der Waals surface area contributed by atoms with E-state index in [0.29, 0.717) is 0 Å². The molecule has 0 bridgehead atoms. The van der Waals surface area contributed by atoms with E-state index in [1.54, 1.807) is 0 Å². The number of rotatable bonds is 2. The number of phenols is 1. The smallest absolute Gasteiger partial charge is 0.339 e. The second-order valence-electron chi connectivity index (χ2n) is 2.61. The summed E-state index contributed by atoms with van der Waals surface area (Å²) >= 11 is 3.06. The van der Waals surface area contributed by atoms with Gasteiger partial charge in [-0.2, -0.15) is 0 Å². The molecule has 76 valence electrons. The van der Waals surface area contributed by atoms with Gasteiger partial charge in [0, 0.05) is 5.56 Å². The second-order valence-corrected chi connectivity index (χ2v) is 3.40. The van der Waals surface area contributed by atoms with Crippen molar-refractivity contribution in [3.63, 3.8) is 0 Å². The molecule has 1 aromatic rings. The summed E-state index contributed by atoms with van der Waals surface area (Å²) in [5, 5.41) is 18.8. The third-order valence-corrected chi connectivity index (χ3v) is 2.59. The maximum absolute atomic E-state index is 11.0. The molecule has 5 heteroatoms. The molecule has 0 heterocycles. The van der Waals surface area contributed by atoms with Gasteiger partial charge in [0.25, 0.3) is 0 Å². The summed E-state index contributed by atoms with van der Waals surface area (Å²) in [6.07, 6.45) is -1.39. The molecule has 0 saturated carbocycles. The summed E-state index contributed by atoms with van der Waals surface area (Å²) in [6.45, 7) is 0. The molecule has 1 unspecified atom stereocenters. The standard InChI is InChI=1S/C9H9BrO4/c1-14-9(13)8(12)5-3-2-4-6(11)7(5)10/h2-4,8,11-12H,1H3. The van der Waals surface area contributed by atoms with Crippen LogP contribution in [-0.4, -0.2) is 23.3 Å². The monoisotopic (exact) mass is 260 g/mol. The number of carbonyl (C=O) groups is 1. The average molecular weight is 261 g/mol. The predicted octanol–water partition coefficient (Wildman–Crippen LogP) is 1.36. The van der Waals surface area contributed by atoms with Crippen molar-refractivity contribution in [3.05, 3.63) is 28.2 Å². The maximum Gasteiger partial charge on any atom is 0.339 e. The van der Waals surface area contributed by atoms with Gasteiger partial charge in [-0.15, -0.1) is 0 Å². The first-order valence-electron chi connectivity index (χ1n) is 3.81. The van der Waals surface area contributed by atoms with E-state index in [1.807, 2.05) is 0 Å². The van der Waals surface area contributed by atoms with Crippen LogP contribution in [0.3, 0.4) is 0 Å². The van der Waals surface area contributed by atoms with E-state index in [9.17, 15) is 15.0 Å². The Labute approximate surface area is 89.3 Å². The molecule has 4 nitrogen and oxygen atoms in total. The molecular weight excluding hydrogens is 252 g/mol. The Morgan fingerprint density at radius 1 is 1.57 bits per heavy atom. The lowest BCUT2D eigenvalue weighted by atomic mass is 10.1.